The molecule has 0 aliphatic heterocycles. The van der Waals surface area contributed by atoms with E-state index in [-0.39, 0.29) is 11.9 Å². The summed E-state index contributed by atoms with van der Waals surface area (Å²) in [6.07, 6.45) is 6.82. The molecule has 4 N–H and O–H groups in total. The Bertz CT molecular complexity index is 437. The molecule has 5 heteroatoms. The van der Waals surface area contributed by atoms with Crippen LogP contribution in [0.15, 0.2) is 0 Å². The van der Waals surface area contributed by atoms with Crippen molar-refractivity contribution in [3.05, 3.63) is 11.4 Å². The lowest BCUT2D eigenvalue weighted by atomic mass is 10.1. The van der Waals surface area contributed by atoms with E-state index in [9.17, 15) is 4.79 Å². The zero-order valence-electron chi connectivity index (χ0n) is 11.8. The second-order valence-corrected chi connectivity index (χ2v) is 5.54. The third-order valence-electron chi connectivity index (χ3n) is 3.65. The minimum Gasteiger partial charge on any atom is -0.395 e. The van der Waals surface area contributed by atoms with Gasteiger partial charge in [-0.25, -0.2) is 0 Å². The molecule has 1 aromatic heterocycles. The van der Waals surface area contributed by atoms with Crippen molar-refractivity contribution < 1.29 is 4.79 Å². The van der Waals surface area contributed by atoms with Gasteiger partial charge in [0.2, 0.25) is 0 Å². The molecule has 1 heterocycles. The van der Waals surface area contributed by atoms with Gasteiger partial charge in [0.15, 0.2) is 5.69 Å². The number of amides is 1. The van der Waals surface area contributed by atoms with E-state index in [0.717, 1.165) is 31.4 Å². The maximum absolute atomic E-state index is 12.1. The number of rotatable bonds is 7. The monoisotopic (exact) mass is 264 g/mol. The fourth-order valence-electron chi connectivity index (χ4n) is 2.29. The van der Waals surface area contributed by atoms with E-state index >= 15 is 0 Å². The highest BCUT2D eigenvalue weighted by atomic mass is 16.2. The van der Waals surface area contributed by atoms with Crippen molar-refractivity contribution in [2.24, 2.45) is 0 Å². The van der Waals surface area contributed by atoms with E-state index in [4.69, 9.17) is 5.73 Å². The van der Waals surface area contributed by atoms with Crippen molar-refractivity contribution >= 4 is 11.6 Å². The summed E-state index contributed by atoms with van der Waals surface area (Å²) in [5.74, 6) is 0.320. The lowest BCUT2D eigenvalue weighted by Gasteiger charge is -2.12. The predicted octanol–water partition coefficient (Wildman–Crippen LogP) is 2.57. The first-order valence-electron chi connectivity index (χ1n) is 7.28. The molecule has 5 nitrogen and oxygen atoms in total. The molecule has 106 valence electrons. The van der Waals surface area contributed by atoms with Crippen LogP contribution < -0.4 is 11.1 Å². The van der Waals surface area contributed by atoms with Gasteiger partial charge in [0.1, 0.15) is 0 Å². The predicted molar refractivity (Wildman–Crippen MR) is 76.0 cm³/mol. The van der Waals surface area contributed by atoms with E-state index in [2.05, 4.69) is 22.4 Å². The number of nitrogens with zero attached hydrogens (tertiary/aromatic N) is 1. The lowest BCUT2D eigenvalue weighted by Crippen LogP contribution is -2.33. The number of unbranched alkanes of at least 4 members (excludes halogenated alkanes) is 2. The third-order valence-corrected chi connectivity index (χ3v) is 3.65. The molecule has 0 spiro atoms. The Labute approximate surface area is 114 Å². The summed E-state index contributed by atoms with van der Waals surface area (Å²) in [7, 11) is 0. The van der Waals surface area contributed by atoms with Crippen LogP contribution in [0.25, 0.3) is 0 Å². The van der Waals surface area contributed by atoms with Crippen molar-refractivity contribution in [1.82, 2.24) is 15.5 Å². The van der Waals surface area contributed by atoms with Crippen LogP contribution in [0.4, 0.5) is 5.69 Å². The van der Waals surface area contributed by atoms with E-state index < -0.39 is 0 Å². The largest absolute Gasteiger partial charge is 0.395 e. The Morgan fingerprint density at radius 3 is 2.89 bits per heavy atom. The quantitative estimate of drug-likeness (QED) is 0.662. The number of carbonyl (C=O) groups is 1. The van der Waals surface area contributed by atoms with Gasteiger partial charge in [-0.2, -0.15) is 5.10 Å². The number of nitrogen functional groups attached to an aromatic ring is 1. The first kappa shape index (κ1) is 13.9. The summed E-state index contributed by atoms with van der Waals surface area (Å²) >= 11 is 0. The molecular formula is C14H24N4O. The normalized spacial score (nSPS) is 16.3. The number of aromatic nitrogens is 2. The van der Waals surface area contributed by atoms with E-state index in [0.29, 0.717) is 17.3 Å². The minimum atomic E-state index is -0.162. The number of carbonyl (C=O) groups excluding carboxylic acids is 1. The molecule has 0 bridgehead atoms. The van der Waals surface area contributed by atoms with Crippen LogP contribution in [0.5, 0.6) is 0 Å². The minimum absolute atomic E-state index is 0.162. The van der Waals surface area contributed by atoms with Crippen LogP contribution in [0.3, 0.4) is 0 Å². The summed E-state index contributed by atoms with van der Waals surface area (Å²) in [6, 6.07) is 0.166. The van der Waals surface area contributed by atoms with Gasteiger partial charge in [0.05, 0.1) is 11.4 Å². The second-order valence-electron chi connectivity index (χ2n) is 5.54. The Morgan fingerprint density at radius 2 is 2.26 bits per heavy atom. The molecular weight excluding hydrogens is 240 g/mol. The number of aromatic amines is 1. The third kappa shape index (κ3) is 3.49. The number of H-pyrrole nitrogens is 1. The Kier molecular flexibility index (Phi) is 4.45. The van der Waals surface area contributed by atoms with Crippen molar-refractivity contribution in [3.63, 3.8) is 0 Å². The zero-order chi connectivity index (χ0) is 13.8. The Hall–Kier alpha value is -1.52. The van der Waals surface area contributed by atoms with Crippen LogP contribution in [0.2, 0.25) is 0 Å². The van der Waals surface area contributed by atoms with Gasteiger partial charge in [-0.05, 0) is 26.2 Å². The summed E-state index contributed by atoms with van der Waals surface area (Å²) in [5, 5.41) is 9.94. The van der Waals surface area contributed by atoms with Crippen molar-refractivity contribution in [3.8, 4) is 0 Å². The highest BCUT2D eigenvalue weighted by Gasteiger charge is 2.30. The maximum Gasteiger partial charge on any atom is 0.274 e. The molecule has 1 unspecified atom stereocenters. The number of anilines is 1. The maximum atomic E-state index is 12.1. The van der Waals surface area contributed by atoms with Gasteiger partial charge in [-0.3, -0.25) is 9.89 Å². The topological polar surface area (TPSA) is 83.8 Å². The molecule has 0 aromatic carbocycles. The van der Waals surface area contributed by atoms with Crippen LogP contribution >= 0.6 is 0 Å². The smallest absolute Gasteiger partial charge is 0.274 e. The van der Waals surface area contributed by atoms with Gasteiger partial charge in [0.25, 0.3) is 5.91 Å². The standard InChI is InChI=1S/C14H24N4O/c1-3-4-5-6-9(2)16-14(19)13-11(15)12(17-18-13)10-7-8-10/h9-10H,3-8,15H2,1-2H3,(H,16,19)(H,17,18). The molecule has 19 heavy (non-hydrogen) atoms. The van der Waals surface area contributed by atoms with Gasteiger partial charge < -0.3 is 11.1 Å². The zero-order valence-corrected chi connectivity index (χ0v) is 11.8. The Morgan fingerprint density at radius 1 is 1.53 bits per heavy atom. The molecule has 1 atom stereocenters. The fraction of sp³-hybridized carbons (Fsp3) is 0.714. The van der Waals surface area contributed by atoms with Crippen molar-refractivity contribution in [2.75, 3.05) is 5.73 Å². The molecule has 1 aliphatic carbocycles. The van der Waals surface area contributed by atoms with Gasteiger partial charge in [-0.15, -0.1) is 0 Å². The van der Waals surface area contributed by atoms with Crippen molar-refractivity contribution in [2.45, 2.75) is 64.3 Å². The molecule has 1 aliphatic rings. The van der Waals surface area contributed by atoms with Gasteiger partial charge in [0, 0.05) is 12.0 Å². The molecule has 1 saturated carbocycles. The van der Waals surface area contributed by atoms with Crippen LogP contribution in [-0.4, -0.2) is 22.1 Å². The van der Waals surface area contributed by atoms with Gasteiger partial charge in [-0.1, -0.05) is 26.2 Å². The van der Waals surface area contributed by atoms with E-state index in [1.54, 1.807) is 0 Å². The number of nitrogens with two attached hydrogens (primary N) is 1. The molecule has 1 aromatic rings. The molecule has 1 amide bonds. The number of hydrogen-bond acceptors (Lipinski definition) is 3. The molecule has 1 fully saturated rings. The fourth-order valence-corrected chi connectivity index (χ4v) is 2.29. The highest BCUT2D eigenvalue weighted by Crippen LogP contribution is 2.42. The summed E-state index contributed by atoms with van der Waals surface area (Å²) in [6.45, 7) is 4.20. The molecule has 2 rings (SSSR count). The van der Waals surface area contributed by atoms with Crippen molar-refractivity contribution in [1.29, 1.82) is 0 Å². The number of nitrogens with one attached hydrogen (secondary N) is 2. The SMILES string of the molecule is CCCCCC(C)NC(=O)c1n[nH]c(C2CC2)c1N. The highest BCUT2D eigenvalue weighted by molar-refractivity contribution is 5.97. The van der Waals surface area contributed by atoms with Crippen LogP contribution in [0, 0.1) is 0 Å². The Balaban J connectivity index is 1.88. The van der Waals surface area contributed by atoms with Crippen LogP contribution in [0.1, 0.15) is 74.5 Å². The first-order chi connectivity index (χ1) is 9.13. The first-order valence-corrected chi connectivity index (χ1v) is 7.28. The van der Waals surface area contributed by atoms with Crippen LogP contribution in [-0.2, 0) is 0 Å². The summed E-state index contributed by atoms with van der Waals surface area (Å²) in [5.41, 5.74) is 7.80. The lowest BCUT2D eigenvalue weighted by molar-refractivity contribution is 0.0933. The summed E-state index contributed by atoms with van der Waals surface area (Å²) in [4.78, 5) is 12.1. The molecule has 0 radical (unpaired) electrons. The molecule has 0 saturated heterocycles. The van der Waals surface area contributed by atoms with E-state index in [1.807, 2.05) is 6.92 Å². The number of hydrogen-bond donors (Lipinski definition) is 3. The summed E-state index contributed by atoms with van der Waals surface area (Å²) < 4.78 is 0. The van der Waals surface area contributed by atoms with Gasteiger partial charge >= 0.3 is 0 Å². The average molecular weight is 264 g/mol. The average Bonchev–Trinajstić information content (AvgIpc) is 3.13. The second kappa shape index (κ2) is 6.08. The van der Waals surface area contributed by atoms with E-state index in [1.165, 1.54) is 12.8 Å².